The number of nitrogens with one attached hydrogen (secondary N) is 1. The van der Waals surface area contributed by atoms with Gasteiger partial charge in [-0.15, -0.1) is 0 Å². The molecule has 0 radical (unpaired) electrons. The van der Waals surface area contributed by atoms with Gasteiger partial charge in [0.25, 0.3) is 0 Å². The molecule has 0 aromatic heterocycles. The van der Waals surface area contributed by atoms with Gasteiger partial charge in [-0.3, -0.25) is 0 Å². The fraction of sp³-hybridized carbons (Fsp3) is 0.294. The summed E-state index contributed by atoms with van der Waals surface area (Å²) in [6, 6.07) is 11.9. The van der Waals surface area contributed by atoms with Crippen LogP contribution in [0, 0.1) is 13.8 Å². The second kappa shape index (κ2) is 6.96. The number of aryl methyl sites for hydroxylation is 2. The van der Waals surface area contributed by atoms with E-state index in [9.17, 15) is 5.11 Å². The van der Waals surface area contributed by atoms with E-state index < -0.39 is 6.10 Å². The van der Waals surface area contributed by atoms with E-state index in [0.717, 1.165) is 21.3 Å². The highest BCUT2D eigenvalue weighted by Crippen LogP contribution is 2.27. The standard InChI is InChI=1S/C17H20BrNO2/c1-11-4-7-17(21-3)14(8-11)16(20)10-19-13-6-5-12(2)15(18)9-13/h4-9,16,19-20H,10H2,1-3H3. The van der Waals surface area contributed by atoms with Gasteiger partial charge in [0.2, 0.25) is 0 Å². The second-order valence-corrected chi connectivity index (χ2v) is 5.96. The fourth-order valence-corrected chi connectivity index (χ4v) is 2.52. The van der Waals surface area contributed by atoms with Crippen molar-refractivity contribution in [2.45, 2.75) is 20.0 Å². The van der Waals surface area contributed by atoms with E-state index in [1.165, 1.54) is 5.56 Å². The lowest BCUT2D eigenvalue weighted by Gasteiger charge is -2.17. The van der Waals surface area contributed by atoms with Crippen LogP contribution in [0.25, 0.3) is 0 Å². The molecule has 0 heterocycles. The molecule has 0 saturated carbocycles. The third kappa shape index (κ3) is 3.99. The van der Waals surface area contributed by atoms with Crippen LogP contribution in [0.5, 0.6) is 5.75 Å². The Morgan fingerprint density at radius 3 is 2.62 bits per heavy atom. The van der Waals surface area contributed by atoms with Crippen LogP contribution in [-0.4, -0.2) is 18.8 Å². The summed E-state index contributed by atoms with van der Waals surface area (Å²) in [5.41, 5.74) is 4.05. The van der Waals surface area contributed by atoms with Crippen molar-refractivity contribution in [2.75, 3.05) is 19.0 Å². The third-order valence-corrected chi connectivity index (χ3v) is 4.27. The molecular formula is C17H20BrNO2. The molecule has 2 aromatic carbocycles. The Hall–Kier alpha value is -1.52. The molecule has 0 aliphatic carbocycles. The minimum Gasteiger partial charge on any atom is -0.496 e. The van der Waals surface area contributed by atoms with Crippen molar-refractivity contribution >= 4 is 21.6 Å². The summed E-state index contributed by atoms with van der Waals surface area (Å²) in [6.45, 7) is 4.47. The molecule has 0 aliphatic rings. The number of aliphatic hydroxyl groups is 1. The first-order valence-corrected chi connectivity index (χ1v) is 7.63. The second-order valence-electron chi connectivity index (χ2n) is 5.11. The lowest BCUT2D eigenvalue weighted by molar-refractivity contribution is 0.187. The highest BCUT2D eigenvalue weighted by Gasteiger charge is 2.13. The van der Waals surface area contributed by atoms with Gasteiger partial charge in [-0.25, -0.2) is 0 Å². The van der Waals surface area contributed by atoms with E-state index in [2.05, 4.69) is 21.2 Å². The molecule has 2 aromatic rings. The number of hydrogen-bond donors (Lipinski definition) is 2. The van der Waals surface area contributed by atoms with Crippen molar-refractivity contribution in [1.29, 1.82) is 0 Å². The Balaban J connectivity index is 2.09. The first-order valence-electron chi connectivity index (χ1n) is 6.84. The Morgan fingerprint density at radius 1 is 1.19 bits per heavy atom. The SMILES string of the molecule is COc1ccc(C)cc1C(O)CNc1ccc(C)c(Br)c1. The van der Waals surface area contributed by atoms with E-state index in [0.29, 0.717) is 12.3 Å². The molecule has 112 valence electrons. The average Bonchev–Trinajstić information content (AvgIpc) is 2.48. The topological polar surface area (TPSA) is 41.5 Å². The largest absolute Gasteiger partial charge is 0.496 e. The third-order valence-electron chi connectivity index (χ3n) is 3.42. The summed E-state index contributed by atoms with van der Waals surface area (Å²) >= 11 is 3.51. The van der Waals surface area contributed by atoms with Crippen LogP contribution in [0.4, 0.5) is 5.69 Å². The molecular weight excluding hydrogens is 330 g/mol. The zero-order valence-electron chi connectivity index (χ0n) is 12.5. The first-order chi connectivity index (χ1) is 10.0. The van der Waals surface area contributed by atoms with Crippen LogP contribution in [0.15, 0.2) is 40.9 Å². The maximum atomic E-state index is 10.4. The first kappa shape index (κ1) is 15.9. The number of hydrogen-bond acceptors (Lipinski definition) is 3. The lowest BCUT2D eigenvalue weighted by Crippen LogP contribution is -2.13. The average molecular weight is 350 g/mol. The van der Waals surface area contributed by atoms with Gasteiger partial charge in [0.05, 0.1) is 13.2 Å². The van der Waals surface area contributed by atoms with Gasteiger partial charge in [0.1, 0.15) is 5.75 Å². The summed E-state index contributed by atoms with van der Waals surface area (Å²) in [7, 11) is 1.62. The minimum atomic E-state index is -0.625. The van der Waals surface area contributed by atoms with Crippen molar-refractivity contribution < 1.29 is 9.84 Å². The monoisotopic (exact) mass is 349 g/mol. The number of ether oxygens (including phenoxy) is 1. The molecule has 3 nitrogen and oxygen atoms in total. The Bertz CT molecular complexity index is 628. The van der Waals surface area contributed by atoms with Gasteiger partial charge in [0, 0.05) is 22.3 Å². The highest BCUT2D eigenvalue weighted by molar-refractivity contribution is 9.10. The van der Waals surface area contributed by atoms with Crippen LogP contribution in [-0.2, 0) is 0 Å². The minimum absolute atomic E-state index is 0.426. The molecule has 1 unspecified atom stereocenters. The summed E-state index contributed by atoms with van der Waals surface area (Å²) in [5, 5.41) is 13.6. The summed E-state index contributed by atoms with van der Waals surface area (Å²) in [5.74, 6) is 0.708. The molecule has 1 atom stereocenters. The number of anilines is 1. The molecule has 2 N–H and O–H groups in total. The van der Waals surface area contributed by atoms with E-state index in [4.69, 9.17) is 4.74 Å². The van der Waals surface area contributed by atoms with Gasteiger partial charge in [-0.1, -0.05) is 33.6 Å². The predicted molar refractivity (Wildman–Crippen MR) is 90.1 cm³/mol. The normalized spacial score (nSPS) is 12.0. The molecule has 0 bridgehead atoms. The number of aliphatic hydroxyl groups excluding tert-OH is 1. The fourth-order valence-electron chi connectivity index (χ4n) is 2.14. The maximum absolute atomic E-state index is 10.4. The van der Waals surface area contributed by atoms with Gasteiger partial charge in [-0.05, 0) is 43.7 Å². The van der Waals surface area contributed by atoms with Crippen molar-refractivity contribution in [2.24, 2.45) is 0 Å². The number of halogens is 1. The Morgan fingerprint density at radius 2 is 1.95 bits per heavy atom. The van der Waals surface area contributed by atoms with Crippen molar-refractivity contribution in [3.63, 3.8) is 0 Å². The quantitative estimate of drug-likeness (QED) is 0.848. The molecule has 4 heteroatoms. The number of rotatable bonds is 5. The van der Waals surface area contributed by atoms with Gasteiger partial charge in [-0.2, -0.15) is 0 Å². The van der Waals surface area contributed by atoms with Crippen LogP contribution in [0.3, 0.4) is 0 Å². The predicted octanol–water partition coefficient (Wildman–Crippen LogP) is 4.22. The van der Waals surface area contributed by atoms with Crippen LogP contribution in [0.2, 0.25) is 0 Å². The zero-order valence-corrected chi connectivity index (χ0v) is 14.1. The molecule has 21 heavy (non-hydrogen) atoms. The van der Waals surface area contributed by atoms with Crippen LogP contribution < -0.4 is 10.1 Å². The van der Waals surface area contributed by atoms with Crippen LogP contribution in [0.1, 0.15) is 22.8 Å². The summed E-state index contributed by atoms with van der Waals surface area (Å²) < 4.78 is 6.36. The van der Waals surface area contributed by atoms with E-state index in [1.807, 2.05) is 50.2 Å². The van der Waals surface area contributed by atoms with E-state index in [-0.39, 0.29) is 0 Å². The molecule has 0 fully saturated rings. The molecule has 0 saturated heterocycles. The highest BCUT2D eigenvalue weighted by atomic mass is 79.9. The zero-order chi connectivity index (χ0) is 15.4. The van der Waals surface area contributed by atoms with Crippen molar-refractivity contribution in [1.82, 2.24) is 0 Å². The lowest BCUT2D eigenvalue weighted by atomic mass is 10.0. The summed E-state index contributed by atoms with van der Waals surface area (Å²) in [6.07, 6.45) is -0.625. The van der Waals surface area contributed by atoms with Gasteiger partial charge >= 0.3 is 0 Å². The molecule has 2 rings (SSSR count). The van der Waals surface area contributed by atoms with Crippen LogP contribution >= 0.6 is 15.9 Å². The maximum Gasteiger partial charge on any atom is 0.124 e. The molecule has 0 aliphatic heterocycles. The van der Waals surface area contributed by atoms with E-state index in [1.54, 1.807) is 7.11 Å². The van der Waals surface area contributed by atoms with E-state index >= 15 is 0 Å². The van der Waals surface area contributed by atoms with Gasteiger partial charge < -0.3 is 15.2 Å². The molecule has 0 spiro atoms. The Kier molecular flexibility index (Phi) is 5.26. The smallest absolute Gasteiger partial charge is 0.124 e. The van der Waals surface area contributed by atoms with Crippen molar-refractivity contribution in [3.05, 3.63) is 57.6 Å². The summed E-state index contributed by atoms with van der Waals surface area (Å²) in [4.78, 5) is 0. The molecule has 0 amide bonds. The van der Waals surface area contributed by atoms with Gasteiger partial charge in [0.15, 0.2) is 0 Å². The number of benzene rings is 2. The Labute approximate surface area is 134 Å². The number of methoxy groups -OCH3 is 1. The van der Waals surface area contributed by atoms with Crippen molar-refractivity contribution in [3.8, 4) is 5.75 Å².